The maximum atomic E-state index is 12.2. The summed E-state index contributed by atoms with van der Waals surface area (Å²) in [5.41, 5.74) is 1.04. The molecule has 0 unspecified atom stereocenters. The van der Waals surface area contributed by atoms with Crippen molar-refractivity contribution in [2.75, 3.05) is 14.2 Å². The molecule has 2 rings (SSSR count). The van der Waals surface area contributed by atoms with Crippen LogP contribution in [0.4, 0.5) is 0 Å². The van der Waals surface area contributed by atoms with E-state index >= 15 is 0 Å². The normalized spacial score (nSPS) is 10.7. The molecule has 0 saturated heterocycles. The van der Waals surface area contributed by atoms with E-state index in [9.17, 15) is 9.90 Å². The average Bonchev–Trinajstić information content (AvgIpc) is 2.53. The Morgan fingerprint density at radius 2 is 1.77 bits per heavy atom. The number of carbonyl (C=O) groups excluding carboxylic acids is 1. The Bertz CT molecular complexity index is 705. The topological polar surface area (TPSA) is 55.8 Å². The lowest BCUT2D eigenvalue weighted by Gasteiger charge is -2.11. The molecule has 0 saturated carbocycles. The Labute approximate surface area is 137 Å². The SMILES string of the molecule is COc1ccc(C(=O)/C=C/c2ccc(Br)cc2)c(O)c1OC. The smallest absolute Gasteiger partial charge is 0.203 e. The molecule has 0 heterocycles. The first-order chi connectivity index (χ1) is 10.6. The zero-order chi connectivity index (χ0) is 16.1. The highest BCUT2D eigenvalue weighted by molar-refractivity contribution is 9.10. The van der Waals surface area contributed by atoms with Gasteiger partial charge in [0.05, 0.1) is 19.8 Å². The predicted molar refractivity (Wildman–Crippen MR) is 88.7 cm³/mol. The average molecular weight is 363 g/mol. The highest BCUT2D eigenvalue weighted by Crippen LogP contribution is 2.39. The first kappa shape index (κ1) is 16.1. The number of phenolic OH excluding ortho intramolecular Hbond substituents is 1. The summed E-state index contributed by atoms with van der Waals surface area (Å²) in [5, 5.41) is 10.1. The number of ketones is 1. The molecule has 0 bridgehead atoms. The second kappa shape index (κ2) is 7.13. The lowest BCUT2D eigenvalue weighted by molar-refractivity contribution is 0.104. The molecule has 0 aliphatic heterocycles. The monoisotopic (exact) mass is 362 g/mol. The van der Waals surface area contributed by atoms with Gasteiger partial charge in [-0.05, 0) is 35.9 Å². The van der Waals surface area contributed by atoms with Crippen LogP contribution in [0.15, 0.2) is 46.9 Å². The number of ether oxygens (including phenoxy) is 2. The van der Waals surface area contributed by atoms with Gasteiger partial charge >= 0.3 is 0 Å². The number of aromatic hydroxyl groups is 1. The van der Waals surface area contributed by atoms with Gasteiger partial charge in [-0.25, -0.2) is 0 Å². The van der Waals surface area contributed by atoms with Crippen LogP contribution in [-0.2, 0) is 0 Å². The van der Waals surface area contributed by atoms with Gasteiger partial charge in [-0.3, -0.25) is 4.79 Å². The number of rotatable bonds is 5. The molecule has 0 radical (unpaired) electrons. The quantitative estimate of drug-likeness (QED) is 0.643. The van der Waals surface area contributed by atoms with Crippen LogP contribution in [0.3, 0.4) is 0 Å². The molecule has 1 N–H and O–H groups in total. The van der Waals surface area contributed by atoms with E-state index in [0.29, 0.717) is 5.75 Å². The van der Waals surface area contributed by atoms with Crippen molar-refractivity contribution in [2.24, 2.45) is 0 Å². The maximum Gasteiger partial charge on any atom is 0.203 e. The Balaban J connectivity index is 2.28. The molecule has 0 aliphatic rings. The number of hydrogen-bond acceptors (Lipinski definition) is 4. The van der Waals surface area contributed by atoms with Gasteiger partial charge in [0, 0.05) is 4.47 Å². The van der Waals surface area contributed by atoms with Crippen molar-refractivity contribution in [1.29, 1.82) is 0 Å². The third kappa shape index (κ3) is 3.49. The summed E-state index contributed by atoms with van der Waals surface area (Å²) in [6, 6.07) is 10.6. The van der Waals surface area contributed by atoms with Crippen molar-refractivity contribution in [3.05, 3.63) is 58.1 Å². The molecule has 0 aromatic heterocycles. The molecule has 0 aliphatic carbocycles. The van der Waals surface area contributed by atoms with E-state index in [2.05, 4.69) is 15.9 Å². The third-order valence-electron chi connectivity index (χ3n) is 3.08. The molecular weight excluding hydrogens is 348 g/mol. The molecule has 5 heteroatoms. The van der Waals surface area contributed by atoms with Gasteiger partial charge in [0.2, 0.25) is 5.75 Å². The minimum Gasteiger partial charge on any atom is -0.504 e. The largest absolute Gasteiger partial charge is 0.504 e. The molecule has 0 atom stereocenters. The van der Waals surface area contributed by atoms with Crippen molar-refractivity contribution in [3.63, 3.8) is 0 Å². The third-order valence-corrected chi connectivity index (χ3v) is 3.61. The van der Waals surface area contributed by atoms with E-state index in [1.54, 1.807) is 12.1 Å². The van der Waals surface area contributed by atoms with Gasteiger partial charge in [0.1, 0.15) is 0 Å². The zero-order valence-corrected chi connectivity index (χ0v) is 13.8. The second-order valence-electron chi connectivity index (χ2n) is 4.45. The van der Waals surface area contributed by atoms with E-state index in [-0.39, 0.29) is 22.8 Å². The Morgan fingerprint density at radius 1 is 1.09 bits per heavy atom. The van der Waals surface area contributed by atoms with Crippen LogP contribution < -0.4 is 9.47 Å². The molecule has 114 valence electrons. The molecule has 4 nitrogen and oxygen atoms in total. The van der Waals surface area contributed by atoms with Crippen LogP contribution in [0, 0.1) is 0 Å². The first-order valence-electron chi connectivity index (χ1n) is 6.48. The summed E-state index contributed by atoms with van der Waals surface area (Å²) in [7, 11) is 2.87. The predicted octanol–water partition coefficient (Wildman–Crippen LogP) is 4.07. The summed E-state index contributed by atoms with van der Waals surface area (Å²) in [4.78, 5) is 12.2. The van der Waals surface area contributed by atoms with Gasteiger partial charge in [0.25, 0.3) is 0 Å². The minimum absolute atomic E-state index is 0.144. The number of benzene rings is 2. The van der Waals surface area contributed by atoms with Crippen molar-refractivity contribution in [2.45, 2.75) is 0 Å². The summed E-state index contributed by atoms with van der Waals surface area (Å²) < 4.78 is 11.1. The number of hydrogen-bond donors (Lipinski definition) is 1. The van der Waals surface area contributed by atoms with Crippen molar-refractivity contribution < 1.29 is 19.4 Å². The molecule has 2 aromatic carbocycles. The Hall–Kier alpha value is -2.27. The fourth-order valence-electron chi connectivity index (χ4n) is 1.95. The van der Waals surface area contributed by atoms with E-state index in [1.807, 2.05) is 24.3 Å². The number of methoxy groups -OCH3 is 2. The lowest BCUT2D eigenvalue weighted by atomic mass is 10.1. The van der Waals surface area contributed by atoms with Gasteiger partial charge in [-0.2, -0.15) is 0 Å². The number of halogens is 1. The van der Waals surface area contributed by atoms with Gasteiger partial charge < -0.3 is 14.6 Å². The molecule has 22 heavy (non-hydrogen) atoms. The Kier molecular flexibility index (Phi) is 5.22. The van der Waals surface area contributed by atoms with Crippen LogP contribution in [-0.4, -0.2) is 25.1 Å². The van der Waals surface area contributed by atoms with Gasteiger partial charge in [-0.15, -0.1) is 0 Å². The van der Waals surface area contributed by atoms with E-state index in [0.717, 1.165) is 10.0 Å². The van der Waals surface area contributed by atoms with Crippen molar-refractivity contribution in [3.8, 4) is 17.2 Å². The number of phenols is 1. The summed E-state index contributed by atoms with van der Waals surface area (Å²) >= 11 is 3.35. The molecular formula is C17H15BrO4. The summed E-state index contributed by atoms with van der Waals surface area (Å²) in [6.45, 7) is 0. The highest BCUT2D eigenvalue weighted by Gasteiger charge is 2.17. The minimum atomic E-state index is -0.318. The van der Waals surface area contributed by atoms with Crippen LogP contribution in [0.5, 0.6) is 17.2 Å². The van der Waals surface area contributed by atoms with Crippen LogP contribution in [0.2, 0.25) is 0 Å². The van der Waals surface area contributed by atoms with E-state index < -0.39 is 0 Å². The van der Waals surface area contributed by atoms with Crippen molar-refractivity contribution >= 4 is 27.8 Å². The van der Waals surface area contributed by atoms with Crippen molar-refractivity contribution in [1.82, 2.24) is 0 Å². The standard InChI is InChI=1S/C17H15BrO4/c1-21-15-10-8-13(16(20)17(15)22-2)14(19)9-5-11-3-6-12(18)7-4-11/h3-10,20H,1-2H3/b9-5+. The van der Waals surface area contributed by atoms with Crippen LogP contribution in [0.25, 0.3) is 6.08 Å². The fraction of sp³-hybridized carbons (Fsp3) is 0.118. The van der Waals surface area contributed by atoms with E-state index in [1.165, 1.54) is 26.4 Å². The highest BCUT2D eigenvalue weighted by atomic mass is 79.9. The molecule has 0 spiro atoms. The van der Waals surface area contributed by atoms with E-state index in [4.69, 9.17) is 9.47 Å². The van der Waals surface area contributed by atoms with Gasteiger partial charge in [0.15, 0.2) is 17.3 Å². The fourth-order valence-corrected chi connectivity index (χ4v) is 2.21. The zero-order valence-electron chi connectivity index (χ0n) is 12.2. The summed E-state index contributed by atoms with van der Waals surface area (Å²) in [6.07, 6.45) is 3.09. The number of carbonyl (C=O) groups is 1. The first-order valence-corrected chi connectivity index (χ1v) is 7.28. The lowest BCUT2D eigenvalue weighted by Crippen LogP contribution is -1.99. The van der Waals surface area contributed by atoms with Gasteiger partial charge in [-0.1, -0.05) is 34.1 Å². The van der Waals surface area contributed by atoms with Crippen LogP contribution >= 0.6 is 15.9 Å². The number of allylic oxidation sites excluding steroid dienone is 1. The molecule has 0 fully saturated rings. The molecule has 2 aromatic rings. The molecule has 0 amide bonds. The summed E-state index contributed by atoms with van der Waals surface area (Å²) in [5.74, 6) is -0.0347. The maximum absolute atomic E-state index is 12.2. The van der Waals surface area contributed by atoms with Crippen LogP contribution in [0.1, 0.15) is 15.9 Å². The Morgan fingerprint density at radius 3 is 2.36 bits per heavy atom. The second-order valence-corrected chi connectivity index (χ2v) is 5.36.